The van der Waals surface area contributed by atoms with Gasteiger partial charge in [-0.25, -0.2) is 0 Å². The van der Waals surface area contributed by atoms with Crippen molar-refractivity contribution in [3.05, 3.63) is 34.3 Å². The molecule has 0 saturated heterocycles. The Morgan fingerprint density at radius 2 is 2.17 bits per heavy atom. The van der Waals surface area contributed by atoms with Crippen LogP contribution in [0.4, 0.5) is 0 Å². The smallest absolute Gasteiger partial charge is 0.0456 e. The molecule has 1 atom stereocenters. The van der Waals surface area contributed by atoms with E-state index in [4.69, 9.17) is 17.3 Å². The Bertz CT molecular complexity index is 250. The highest BCUT2D eigenvalue weighted by atomic mass is 35.5. The van der Waals surface area contributed by atoms with Crippen molar-refractivity contribution < 1.29 is 0 Å². The maximum Gasteiger partial charge on any atom is 0.0456 e. The zero-order chi connectivity index (χ0) is 9.14. The van der Waals surface area contributed by atoms with Gasteiger partial charge in [-0.15, -0.1) is 0 Å². The van der Waals surface area contributed by atoms with Crippen LogP contribution in [0.15, 0.2) is 18.2 Å². The summed E-state index contributed by atoms with van der Waals surface area (Å²) in [6, 6.07) is 5.94. The van der Waals surface area contributed by atoms with E-state index in [0.717, 1.165) is 17.0 Å². The lowest BCUT2D eigenvalue weighted by molar-refractivity contribution is 0.694. The lowest BCUT2D eigenvalue weighted by Gasteiger charge is -2.13. The second-order valence-corrected chi connectivity index (χ2v) is 3.39. The topological polar surface area (TPSA) is 26.0 Å². The maximum atomic E-state index is 6.02. The molecule has 1 nitrogen and oxygen atoms in total. The highest BCUT2D eigenvalue weighted by molar-refractivity contribution is 6.31. The van der Waals surface area contributed by atoms with Crippen molar-refractivity contribution >= 4 is 11.6 Å². The fourth-order valence-electron chi connectivity index (χ4n) is 1.32. The van der Waals surface area contributed by atoms with Crippen molar-refractivity contribution in [3.8, 4) is 0 Å². The quantitative estimate of drug-likeness (QED) is 0.750. The van der Waals surface area contributed by atoms with Gasteiger partial charge >= 0.3 is 0 Å². The van der Waals surface area contributed by atoms with Crippen LogP contribution in [0.2, 0.25) is 5.02 Å². The van der Waals surface area contributed by atoms with E-state index < -0.39 is 0 Å². The Hall–Kier alpha value is -0.530. The zero-order valence-corrected chi connectivity index (χ0v) is 8.23. The first-order valence-corrected chi connectivity index (χ1v) is 4.55. The largest absolute Gasteiger partial charge is 0.324 e. The van der Waals surface area contributed by atoms with Gasteiger partial charge in [0.15, 0.2) is 0 Å². The summed E-state index contributed by atoms with van der Waals surface area (Å²) in [5.41, 5.74) is 8.17. The minimum absolute atomic E-state index is 0.0682. The zero-order valence-electron chi connectivity index (χ0n) is 7.47. The molecule has 0 heterocycles. The van der Waals surface area contributed by atoms with E-state index in [0.29, 0.717) is 0 Å². The van der Waals surface area contributed by atoms with Gasteiger partial charge in [0.2, 0.25) is 0 Å². The summed E-state index contributed by atoms with van der Waals surface area (Å²) in [7, 11) is 0. The van der Waals surface area contributed by atoms with E-state index in [9.17, 15) is 0 Å². The number of rotatable bonds is 2. The van der Waals surface area contributed by atoms with Gasteiger partial charge < -0.3 is 5.73 Å². The first-order chi connectivity index (χ1) is 5.66. The Balaban J connectivity index is 3.12. The fourth-order valence-corrected chi connectivity index (χ4v) is 1.68. The molecule has 12 heavy (non-hydrogen) atoms. The molecule has 0 unspecified atom stereocenters. The molecule has 0 aliphatic carbocycles. The van der Waals surface area contributed by atoms with E-state index >= 15 is 0 Å². The molecule has 0 bridgehead atoms. The summed E-state index contributed by atoms with van der Waals surface area (Å²) in [6.45, 7) is 4.10. The van der Waals surface area contributed by atoms with Crippen molar-refractivity contribution in [2.75, 3.05) is 0 Å². The summed E-state index contributed by atoms with van der Waals surface area (Å²) in [5.74, 6) is 0. The molecule has 0 aliphatic rings. The normalized spacial score (nSPS) is 13.0. The van der Waals surface area contributed by atoms with Gasteiger partial charge in [0.05, 0.1) is 0 Å². The van der Waals surface area contributed by atoms with E-state index in [-0.39, 0.29) is 6.04 Å². The van der Waals surface area contributed by atoms with Gasteiger partial charge in [0, 0.05) is 11.1 Å². The van der Waals surface area contributed by atoms with Gasteiger partial charge in [0.1, 0.15) is 0 Å². The van der Waals surface area contributed by atoms with Gasteiger partial charge in [0.25, 0.3) is 0 Å². The molecule has 66 valence electrons. The highest BCUT2D eigenvalue weighted by Gasteiger charge is 2.09. The van der Waals surface area contributed by atoms with Gasteiger partial charge in [-0.3, -0.25) is 0 Å². The molecule has 1 aromatic rings. The molecule has 0 spiro atoms. The molecule has 1 rings (SSSR count). The molecular formula is C10H14ClN. The van der Waals surface area contributed by atoms with Crippen LogP contribution in [-0.4, -0.2) is 0 Å². The van der Waals surface area contributed by atoms with Crippen LogP contribution < -0.4 is 5.73 Å². The van der Waals surface area contributed by atoms with Crippen LogP contribution in [-0.2, 0) is 0 Å². The Morgan fingerprint density at radius 3 is 2.67 bits per heavy atom. The second kappa shape index (κ2) is 3.92. The van der Waals surface area contributed by atoms with Gasteiger partial charge in [-0.2, -0.15) is 0 Å². The van der Waals surface area contributed by atoms with Crippen LogP contribution in [0, 0.1) is 6.92 Å². The molecule has 2 heteroatoms. The number of halogens is 1. The average molecular weight is 184 g/mol. The van der Waals surface area contributed by atoms with Crippen molar-refractivity contribution in [1.82, 2.24) is 0 Å². The van der Waals surface area contributed by atoms with Crippen LogP contribution in [0.1, 0.15) is 30.5 Å². The van der Waals surface area contributed by atoms with Crippen LogP contribution in [0.25, 0.3) is 0 Å². The van der Waals surface area contributed by atoms with Crippen LogP contribution in [0.3, 0.4) is 0 Å². The second-order valence-electron chi connectivity index (χ2n) is 2.99. The van der Waals surface area contributed by atoms with Crippen molar-refractivity contribution in [3.63, 3.8) is 0 Å². The summed E-state index contributed by atoms with van der Waals surface area (Å²) >= 11 is 6.02. The third-order valence-electron chi connectivity index (χ3n) is 2.08. The third kappa shape index (κ3) is 1.79. The number of nitrogens with two attached hydrogens (primary N) is 1. The maximum absolute atomic E-state index is 6.02. The Morgan fingerprint density at radius 1 is 1.50 bits per heavy atom. The first-order valence-electron chi connectivity index (χ1n) is 4.17. The Labute approximate surface area is 78.5 Å². The fraction of sp³-hybridized carbons (Fsp3) is 0.400. The van der Waals surface area contributed by atoms with E-state index in [1.807, 2.05) is 25.1 Å². The number of aryl methyl sites for hydroxylation is 1. The summed E-state index contributed by atoms with van der Waals surface area (Å²) < 4.78 is 0. The lowest BCUT2D eigenvalue weighted by atomic mass is 10.0. The van der Waals surface area contributed by atoms with Crippen molar-refractivity contribution in [2.45, 2.75) is 26.3 Å². The van der Waals surface area contributed by atoms with Crippen molar-refractivity contribution in [2.24, 2.45) is 5.73 Å². The number of benzene rings is 1. The van der Waals surface area contributed by atoms with Crippen LogP contribution >= 0.6 is 11.6 Å². The van der Waals surface area contributed by atoms with Gasteiger partial charge in [-0.1, -0.05) is 30.7 Å². The molecule has 0 aromatic heterocycles. The minimum Gasteiger partial charge on any atom is -0.324 e. The monoisotopic (exact) mass is 183 g/mol. The predicted octanol–water partition coefficient (Wildman–Crippen LogP) is 3.06. The SMILES string of the molecule is CC[C@H](N)c1c(C)cccc1Cl. The molecule has 0 aliphatic heterocycles. The van der Waals surface area contributed by atoms with Crippen molar-refractivity contribution in [1.29, 1.82) is 0 Å². The molecule has 0 amide bonds. The highest BCUT2D eigenvalue weighted by Crippen LogP contribution is 2.26. The number of hydrogen-bond donors (Lipinski definition) is 1. The summed E-state index contributed by atoms with van der Waals surface area (Å²) in [4.78, 5) is 0. The first kappa shape index (κ1) is 9.56. The number of hydrogen-bond acceptors (Lipinski definition) is 1. The standard InChI is InChI=1S/C10H14ClN/c1-3-9(12)10-7(2)5-4-6-8(10)11/h4-6,9H,3,12H2,1-2H3/t9-/m0/s1. The van der Waals surface area contributed by atoms with E-state index in [1.54, 1.807) is 0 Å². The lowest BCUT2D eigenvalue weighted by Crippen LogP contribution is -2.10. The van der Waals surface area contributed by atoms with Gasteiger partial charge in [-0.05, 0) is 30.5 Å². The van der Waals surface area contributed by atoms with E-state index in [2.05, 4.69) is 6.92 Å². The minimum atomic E-state index is 0.0682. The molecule has 0 fully saturated rings. The van der Waals surface area contributed by atoms with E-state index in [1.165, 1.54) is 5.56 Å². The summed E-state index contributed by atoms with van der Waals surface area (Å²) in [5, 5.41) is 0.782. The molecular weight excluding hydrogens is 170 g/mol. The van der Waals surface area contributed by atoms with Crippen LogP contribution in [0.5, 0.6) is 0 Å². The average Bonchev–Trinajstić information content (AvgIpc) is 2.03. The third-order valence-corrected chi connectivity index (χ3v) is 2.41. The molecule has 1 aromatic carbocycles. The molecule has 2 N–H and O–H groups in total. The summed E-state index contributed by atoms with van der Waals surface area (Å²) in [6.07, 6.45) is 0.921. The molecule has 0 saturated carbocycles. The molecule has 0 radical (unpaired) electrons. The predicted molar refractivity (Wildman–Crippen MR) is 53.4 cm³/mol. The Kier molecular flexibility index (Phi) is 3.12.